The molecule has 3 heterocycles. The molecule has 6 nitrogen and oxygen atoms in total. The van der Waals surface area contributed by atoms with Crippen molar-refractivity contribution in [3.05, 3.63) is 51.7 Å². The van der Waals surface area contributed by atoms with Gasteiger partial charge in [-0.1, -0.05) is 12.1 Å². The van der Waals surface area contributed by atoms with Crippen molar-refractivity contribution < 1.29 is 13.2 Å². The summed E-state index contributed by atoms with van der Waals surface area (Å²) in [6, 6.07) is 9.42. The number of fused-ring (bicyclic) bond motifs is 1. The number of sulfonamides is 1. The van der Waals surface area contributed by atoms with E-state index >= 15 is 0 Å². The van der Waals surface area contributed by atoms with Gasteiger partial charge in [0, 0.05) is 37.1 Å². The molecule has 1 saturated heterocycles. The molecule has 2 aliphatic rings. The molecule has 1 aromatic heterocycles. The minimum Gasteiger partial charge on any atom is -0.341 e. The van der Waals surface area contributed by atoms with Gasteiger partial charge in [-0.05, 0) is 60.9 Å². The molecule has 1 amide bonds. The monoisotopic (exact) mass is 433 g/mol. The molecule has 0 atom stereocenters. The van der Waals surface area contributed by atoms with E-state index in [2.05, 4.69) is 21.1 Å². The van der Waals surface area contributed by atoms with Gasteiger partial charge in [-0.15, -0.1) is 11.3 Å². The molecule has 1 aromatic carbocycles. The molecule has 1 N–H and O–H groups in total. The molecule has 0 aliphatic carbocycles. The third kappa shape index (κ3) is 4.71. The fourth-order valence-corrected chi connectivity index (χ4v) is 6.17. The molecule has 0 bridgehead atoms. The molecule has 1 fully saturated rings. The van der Waals surface area contributed by atoms with Gasteiger partial charge in [0.1, 0.15) is 0 Å². The molecule has 29 heavy (non-hydrogen) atoms. The van der Waals surface area contributed by atoms with Crippen molar-refractivity contribution in [1.82, 2.24) is 14.5 Å². The van der Waals surface area contributed by atoms with Crippen LogP contribution < -0.4 is 4.72 Å². The van der Waals surface area contributed by atoms with Crippen molar-refractivity contribution in [1.29, 1.82) is 0 Å². The number of thiophene rings is 1. The number of nitrogens with one attached hydrogen (secondary N) is 1. The molecule has 4 rings (SSSR count). The molecule has 0 radical (unpaired) electrons. The van der Waals surface area contributed by atoms with Gasteiger partial charge in [0.25, 0.3) is 0 Å². The lowest BCUT2D eigenvalue weighted by molar-refractivity contribution is -0.131. The number of amides is 1. The molecular formula is C21H27N3O3S2. The maximum Gasteiger partial charge on any atom is 0.241 e. The molecular weight excluding hydrogens is 406 g/mol. The molecule has 2 aliphatic heterocycles. The first kappa shape index (κ1) is 20.5. The van der Waals surface area contributed by atoms with Crippen LogP contribution in [0.25, 0.3) is 0 Å². The van der Waals surface area contributed by atoms with Crippen molar-refractivity contribution in [3.8, 4) is 0 Å². The fourth-order valence-electron chi connectivity index (χ4n) is 4.20. The van der Waals surface area contributed by atoms with E-state index < -0.39 is 10.0 Å². The lowest BCUT2D eigenvalue weighted by atomic mass is 9.99. The average Bonchev–Trinajstić information content (AvgIpc) is 3.20. The Morgan fingerprint density at radius 3 is 2.76 bits per heavy atom. The van der Waals surface area contributed by atoms with Crippen molar-refractivity contribution in [2.24, 2.45) is 0 Å². The predicted octanol–water partition coefficient (Wildman–Crippen LogP) is 2.38. The number of carbonyl (C=O) groups excluding carboxylic acids is 1. The second kappa shape index (κ2) is 8.55. The highest BCUT2D eigenvalue weighted by Gasteiger charge is 2.29. The summed E-state index contributed by atoms with van der Waals surface area (Å²) >= 11 is 1.85. The largest absolute Gasteiger partial charge is 0.341 e. The lowest BCUT2D eigenvalue weighted by Crippen LogP contribution is -2.49. The molecule has 0 saturated carbocycles. The second-order valence-electron chi connectivity index (χ2n) is 7.84. The summed E-state index contributed by atoms with van der Waals surface area (Å²) in [4.78, 5) is 18.6. The van der Waals surface area contributed by atoms with Crippen molar-refractivity contribution in [3.63, 3.8) is 0 Å². The Labute approximate surface area is 176 Å². The van der Waals surface area contributed by atoms with Gasteiger partial charge in [-0.25, -0.2) is 13.1 Å². The van der Waals surface area contributed by atoms with E-state index in [4.69, 9.17) is 0 Å². The molecule has 0 spiro atoms. The Bertz CT molecular complexity index is 979. The summed E-state index contributed by atoms with van der Waals surface area (Å²) in [5.74, 6) is -0.154. The van der Waals surface area contributed by atoms with Crippen molar-refractivity contribution in [2.45, 2.75) is 43.7 Å². The Morgan fingerprint density at radius 1 is 1.21 bits per heavy atom. The molecule has 0 unspecified atom stereocenters. The van der Waals surface area contributed by atoms with Crippen molar-refractivity contribution >= 4 is 27.3 Å². The average molecular weight is 434 g/mol. The van der Waals surface area contributed by atoms with Crippen LogP contribution in [0.3, 0.4) is 0 Å². The van der Waals surface area contributed by atoms with Gasteiger partial charge in [0.05, 0.1) is 11.4 Å². The summed E-state index contributed by atoms with van der Waals surface area (Å²) in [5, 5.41) is 2.17. The van der Waals surface area contributed by atoms with E-state index in [0.717, 1.165) is 37.9 Å². The number of benzene rings is 1. The van der Waals surface area contributed by atoms with Gasteiger partial charge < -0.3 is 4.90 Å². The maximum atomic E-state index is 12.5. The van der Waals surface area contributed by atoms with Gasteiger partial charge in [0.15, 0.2) is 0 Å². The van der Waals surface area contributed by atoms with E-state index in [1.54, 1.807) is 23.1 Å². The van der Waals surface area contributed by atoms with Gasteiger partial charge in [0.2, 0.25) is 15.9 Å². The summed E-state index contributed by atoms with van der Waals surface area (Å²) in [5.41, 5.74) is 2.32. The predicted molar refractivity (Wildman–Crippen MR) is 114 cm³/mol. The van der Waals surface area contributed by atoms with E-state index in [9.17, 15) is 13.2 Å². The Hall–Kier alpha value is -1.74. The zero-order valence-corrected chi connectivity index (χ0v) is 18.3. The van der Waals surface area contributed by atoms with Crippen LogP contribution in [0.4, 0.5) is 0 Å². The highest BCUT2D eigenvalue weighted by molar-refractivity contribution is 7.89. The number of hydrogen-bond acceptors (Lipinski definition) is 5. The first-order valence-corrected chi connectivity index (χ1v) is 12.4. The van der Waals surface area contributed by atoms with E-state index in [1.807, 2.05) is 24.3 Å². The van der Waals surface area contributed by atoms with Crippen LogP contribution in [0.1, 0.15) is 28.8 Å². The number of carbonyl (C=O) groups is 1. The first-order valence-electron chi connectivity index (χ1n) is 10.1. The zero-order valence-electron chi connectivity index (χ0n) is 16.6. The lowest BCUT2D eigenvalue weighted by Gasteiger charge is -2.40. The third-order valence-corrected chi connectivity index (χ3v) is 8.31. The van der Waals surface area contributed by atoms with Crippen LogP contribution in [-0.4, -0.2) is 56.3 Å². The maximum absolute atomic E-state index is 12.5. The van der Waals surface area contributed by atoms with Crippen LogP contribution in [-0.2, 0) is 27.8 Å². The minimum absolute atomic E-state index is 0.154. The molecule has 156 valence electrons. The SMILES string of the molecule is Cc1cccc(S(=O)(=O)NCC(=O)N2CCC(N3CCc4sccc4C3)CC2)c1. The smallest absolute Gasteiger partial charge is 0.241 e. The number of piperidine rings is 1. The number of aryl methyl sites for hydroxylation is 1. The summed E-state index contributed by atoms with van der Waals surface area (Å²) in [6.45, 7) is 5.11. The number of rotatable bonds is 5. The highest BCUT2D eigenvalue weighted by Crippen LogP contribution is 2.28. The Kier molecular flexibility index (Phi) is 6.06. The first-order chi connectivity index (χ1) is 13.9. The van der Waals surface area contributed by atoms with Crippen LogP contribution >= 0.6 is 11.3 Å². The summed E-state index contributed by atoms with van der Waals surface area (Å²) < 4.78 is 27.3. The molecule has 2 aromatic rings. The van der Waals surface area contributed by atoms with Crippen LogP contribution in [0.2, 0.25) is 0 Å². The van der Waals surface area contributed by atoms with E-state index in [0.29, 0.717) is 19.1 Å². The number of nitrogens with zero attached hydrogens (tertiary/aromatic N) is 2. The highest BCUT2D eigenvalue weighted by atomic mass is 32.2. The Balaban J connectivity index is 1.27. The van der Waals surface area contributed by atoms with Crippen LogP contribution in [0, 0.1) is 6.92 Å². The van der Waals surface area contributed by atoms with Gasteiger partial charge >= 0.3 is 0 Å². The number of likely N-dealkylation sites (tertiary alicyclic amines) is 1. The van der Waals surface area contributed by atoms with Crippen LogP contribution in [0.15, 0.2) is 40.6 Å². The van der Waals surface area contributed by atoms with E-state index in [-0.39, 0.29) is 17.3 Å². The fraction of sp³-hybridized carbons (Fsp3) is 0.476. The van der Waals surface area contributed by atoms with Gasteiger partial charge in [-0.3, -0.25) is 9.69 Å². The Morgan fingerprint density at radius 2 is 2.00 bits per heavy atom. The van der Waals surface area contributed by atoms with Crippen LogP contribution in [0.5, 0.6) is 0 Å². The summed E-state index contributed by atoms with van der Waals surface area (Å²) in [6.07, 6.45) is 3.00. The topological polar surface area (TPSA) is 69.7 Å². The number of hydrogen-bond donors (Lipinski definition) is 1. The zero-order chi connectivity index (χ0) is 20.4. The van der Waals surface area contributed by atoms with E-state index in [1.165, 1.54) is 10.4 Å². The third-order valence-electron chi connectivity index (χ3n) is 5.88. The molecule has 8 heteroatoms. The normalized spacial score (nSPS) is 18.6. The quantitative estimate of drug-likeness (QED) is 0.786. The second-order valence-corrected chi connectivity index (χ2v) is 10.6. The minimum atomic E-state index is -3.67. The summed E-state index contributed by atoms with van der Waals surface area (Å²) in [7, 11) is -3.67. The van der Waals surface area contributed by atoms with Gasteiger partial charge in [-0.2, -0.15) is 0 Å². The van der Waals surface area contributed by atoms with Crippen molar-refractivity contribution in [2.75, 3.05) is 26.2 Å². The standard InChI is InChI=1S/C21H27N3O3S2/c1-16-3-2-4-19(13-16)29(26,27)22-14-21(25)23-9-5-18(6-10-23)24-11-7-20-17(15-24)8-12-28-20/h2-4,8,12-13,18,22H,5-7,9-11,14-15H2,1H3.